The quantitative estimate of drug-likeness (QED) is 0.768. The number of nitrogens with one attached hydrogen (secondary N) is 2. The molecule has 0 unspecified atom stereocenters. The molecule has 0 aliphatic heterocycles. The van der Waals surface area contributed by atoms with Crippen molar-refractivity contribution in [2.75, 3.05) is 11.8 Å². The molecule has 0 radical (unpaired) electrons. The van der Waals surface area contributed by atoms with Crippen LogP contribution in [0.25, 0.3) is 0 Å². The van der Waals surface area contributed by atoms with E-state index in [9.17, 15) is 18.0 Å². The topological polar surface area (TPSA) is 113 Å². The summed E-state index contributed by atoms with van der Waals surface area (Å²) in [4.78, 5) is 22.3. The van der Waals surface area contributed by atoms with Crippen LogP contribution in [0.2, 0.25) is 0 Å². The van der Waals surface area contributed by atoms with E-state index in [1.165, 1.54) is 55.6 Å². The molecule has 8 heteroatoms. The second-order valence-corrected chi connectivity index (χ2v) is 6.28. The maximum absolute atomic E-state index is 12.3. The van der Waals surface area contributed by atoms with Gasteiger partial charge in [-0.3, -0.25) is 9.52 Å². The summed E-state index contributed by atoms with van der Waals surface area (Å²) in [5.74, 6) is -1.47. The van der Waals surface area contributed by atoms with Crippen molar-refractivity contribution in [3.8, 4) is 0 Å². The number of hydrogen-bond acceptors (Lipinski definition) is 4. The molecule has 2 rings (SSSR count). The van der Waals surface area contributed by atoms with E-state index < -0.39 is 16.0 Å². The molecule has 0 aliphatic carbocycles. The minimum atomic E-state index is -3.88. The fraction of sp³-hybridized carbons (Fsp3) is 0.0667. The normalized spacial score (nSPS) is 10.8. The summed E-state index contributed by atoms with van der Waals surface area (Å²) < 4.78 is 26.8. The number of rotatable bonds is 5. The van der Waals surface area contributed by atoms with Crippen molar-refractivity contribution in [1.82, 2.24) is 5.32 Å². The molecule has 0 saturated carbocycles. The van der Waals surface area contributed by atoms with Crippen molar-refractivity contribution in [3.05, 3.63) is 59.7 Å². The Hall–Kier alpha value is -2.87. The average Bonchev–Trinajstić information content (AvgIpc) is 2.54. The molecule has 0 bridgehead atoms. The van der Waals surface area contributed by atoms with Crippen molar-refractivity contribution < 1.29 is 23.1 Å². The van der Waals surface area contributed by atoms with Crippen LogP contribution < -0.4 is 10.0 Å². The number of carbonyl (C=O) groups excluding carboxylic acids is 1. The molecule has 2 aromatic carbocycles. The Balaban J connectivity index is 2.27. The number of hydrogen-bond donors (Lipinski definition) is 3. The van der Waals surface area contributed by atoms with Crippen LogP contribution in [0, 0.1) is 0 Å². The Labute approximate surface area is 133 Å². The van der Waals surface area contributed by atoms with Gasteiger partial charge in [-0.15, -0.1) is 0 Å². The van der Waals surface area contributed by atoms with E-state index >= 15 is 0 Å². The van der Waals surface area contributed by atoms with Gasteiger partial charge in [0.15, 0.2) is 0 Å². The van der Waals surface area contributed by atoms with Gasteiger partial charge in [0, 0.05) is 18.3 Å². The lowest BCUT2D eigenvalue weighted by molar-refractivity contribution is 0.0696. The minimum Gasteiger partial charge on any atom is -0.478 e. The van der Waals surface area contributed by atoms with Crippen LogP contribution in [0.1, 0.15) is 20.7 Å². The molecular formula is C15H14N2O5S. The van der Waals surface area contributed by atoms with E-state index in [0.29, 0.717) is 5.56 Å². The SMILES string of the molecule is CNC(=O)c1ccc(S(=O)(=O)Nc2cccc(C(=O)O)c2)cc1. The smallest absolute Gasteiger partial charge is 0.335 e. The van der Waals surface area contributed by atoms with Crippen LogP contribution in [0.4, 0.5) is 5.69 Å². The third kappa shape index (κ3) is 3.86. The number of amides is 1. The van der Waals surface area contributed by atoms with Crippen molar-refractivity contribution in [3.63, 3.8) is 0 Å². The molecule has 0 fully saturated rings. The van der Waals surface area contributed by atoms with Crippen LogP contribution in [0.3, 0.4) is 0 Å². The van der Waals surface area contributed by atoms with E-state index in [1.54, 1.807) is 0 Å². The van der Waals surface area contributed by atoms with Crippen LogP contribution in [0.15, 0.2) is 53.4 Å². The summed E-state index contributed by atoms with van der Waals surface area (Å²) >= 11 is 0. The Morgan fingerprint density at radius 2 is 1.65 bits per heavy atom. The maximum atomic E-state index is 12.3. The predicted molar refractivity (Wildman–Crippen MR) is 84.0 cm³/mol. The van der Waals surface area contributed by atoms with Crippen LogP contribution in [0.5, 0.6) is 0 Å². The predicted octanol–water partition coefficient (Wildman–Crippen LogP) is 1.55. The molecule has 3 N–H and O–H groups in total. The lowest BCUT2D eigenvalue weighted by Gasteiger charge is -2.09. The number of carboxylic acid groups (broad SMARTS) is 1. The molecule has 0 heterocycles. The average molecular weight is 334 g/mol. The fourth-order valence-corrected chi connectivity index (χ4v) is 2.91. The highest BCUT2D eigenvalue weighted by Crippen LogP contribution is 2.18. The van der Waals surface area contributed by atoms with E-state index in [1.807, 2.05) is 0 Å². The number of aromatic carboxylic acids is 1. The van der Waals surface area contributed by atoms with Crippen molar-refractivity contribution in [2.45, 2.75) is 4.90 Å². The van der Waals surface area contributed by atoms with Gasteiger partial charge in [0.2, 0.25) is 0 Å². The summed E-state index contributed by atoms with van der Waals surface area (Å²) in [5, 5.41) is 11.4. The molecule has 0 aromatic heterocycles. The first-order chi connectivity index (χ1) is 10.8. The zero-order valence-electron chi connectivity index (χ0n) is 12.1. The van der Waals surface area contributed by atoms with Gasteiger partial charge in [-0.1, -0.05) is 6.07 Å². The Bertz CT molecular complexity index is 844. The molecular weight excluding hydrogens is 320 g/mol. The van der Waals surface area contributed by atoms with Gasteiger partial charge in [0.05, 0.1) is 10.5 Å². The highest BCUT2D eigenvalue weighted by Gasteiger charge is 2.15. The third-order valence-electron chi connectivity index (χ3n) is 3.02. The fourth-order valence-electron chi connectivity index (χ4n) is 1.86. The van der Waals surface area contributed by atoms with Crippen LogP contribution in [-0.2, 0) is 10.0 Å². The van der Waals surface area contributed by atoms with Crippen molar-refractivity contribution in [2.24, 2.45) is 0 Å². The summed E-state index contributed by atoms with van der Waals surface area (Å²) in [6, 6.07) is 10.8. The van der Waals surface area contributed by atoms with E-state index in [-0.39, 0.29) is 22.1 Å². The van der Waals surface area contributed by atoms with Gasteiger partial charge in [-0.25, -0.2) is 13.2 Å². The molecule has 1 amide bonds. The van der Waals surface area contributed by atoms with E-state index in [4.69, 9.17) is 5.11 Å². The first-order valence-corrected chi connectivity index (χ1v) is 8.00. The van der Waals surface area contributed by atoms with E-state index in [2.05, 4.69) is 10.0 Å². The molecule has 2 aromatic rings. The lowest BCUT2D eigenvalue weighted by atomic mass is 10.2. The van der Waals surface area contributed by atoms with Gasteiger partial charge >= 0.3 is 5.97 Å². The highest BCUT2D eigenvalue weighted by molar-refractivity contribution is 7.92. The first kappa shape index (κ1) is 16.5. The second-order valence-electron chi connectivity index (χ2n) is 4.59. The summed E-state index contributed by atoms with van der Waals surface area (Å²) in [6.07, 6.45) is 0. The Morgan fingerprint density at radius 3 is 2.22 bits per heavy atom. The van der Waals surface area contributed by atoms with Crippen LogP contribution >= 0.6 is 0 Å². The monoisotopic (exact) mass is 334 g/mol. The number of carboxylic acids is 1. The van der Waals surface area contributed by atoms with Gasteiger partial charge < -0.3 is 10.4 Å². The highest BCUT2D eigenvalue weighted by atomic mass is 32.2. The summed E-state index contributed by atoms with van der Waals surface area (Å²) in [5.41, 5.74) is 0.444. The number of benzene rings is 2. The van der Waals surface area contributed by atoms with Gasteiger partial charge in [0.25, 0.3) is 15.9 Å². The lowest BCUT2D eigenvalue weighted by Crippen LogP contribution is -2.18. The Morgan fingerprint density at radius 1 is 1.00 bits per heavy atom. The number of carbonyl (C=O) groups is 2. The van der Waals surface area contributed by atoms with E-state index in [0.717, 1.165) is 0 Å². The molecule has 0 saturated heterocycles. The maximum Gasteiger partial charge on any atom is 0.335 e. The number of sulfonamides is 1. The molecule has 0 atom stereocenters. The third-order valence-corrected chi connectivity index (χ3v) is 4.41. The summed E-state index contributed by atoms with van der Waals surface area (Å²) in [7, 11) is -2.40. The minimum absolute atomic E-state index is 0.0276. The second kappa shape index (κ2) is 6.49. The zero-order chi connectivity index (χ0) is 17.0. The molecule has 23 heavy (non-hydrogen) atoms. The largest absolute Gasteiger partial charge is 0.478 e. The van der Waals surface area contributed by atoms with Gasteiger partial charge in [-0.2, -0.15) is 0 Å². The molecule has 0 aliphatic rings. The van der Waals surface area contributed by atoms with Crippen molar-refractivity contribution in [1.29, 1.82) is 0 Å². The molecule has 0 spiro atoms. The first-order valence-electron chi connectivity index (χ1n) is 6.52. The van der Waals surface area contributed by atoms with Crippen LogP contribution in [-0.4, -0.2) is 32.4 Å². The summed E-state index contributed by atoms with van der Waals surface area (Å²) in [6.45, 7) is 0. The Kier molecular flexibility index (Phi) is 4.65. The van der Waals surface area contributed by atoms with Crippen molar-refractivity contribution >= 4 is 27.6 Å². The number of anilines is 1. The standard InChI is InChI=1S/C15H14N2O5S/c1-16-14(18)10-5-7-13(8-6-10)23(21,22)17-12-4-2-3-11(9-12)15(19)20/h2-9,17H,1H3,(H,16,18)(H,19,20). The zero-order valence-corrected chi connectivity index (χ0v) is 12.9. The molecule has 120 valence electrons. The van der Waals surface area contributed by atoms with Gasteiger partial charge in [0.1, 0.15) is 0 Å². The molecule has 7 nitrogen and oxygen atoms in total. The van der Waals surface area contributed by atoms with Gasteiger partial charge in [-0.05, 0) is 42.5 Å².